The maximum absolute atomic E-state index is 13.5. The van der Waals surface area contributed by atoms with Crippen LogP contribution in [0.2, 0.25) is 0 Å². The molecule has 0 spiro atoms. The first-order valence-electron chi connectivity index (χ1n) is 9.87. The smallest absolute Gasteiger partial charge is 0.258 e. The van der Waals surface area contributed by atoms with E-state index in [2.05, 4.69) is 4.98 Å². The highest BCUT2D eigenvalue weighted by Gasteiger charge is 2.32. The van der Waals surface area contributed by atoms with Gasteiger partial charge in [-0.2, -0.15) is 0 Å². The van der Waals surface area contributed by atoms with Gasteiger partial charge in [0.1, 0.15) is 0 Å². The Kier molecular flexibility index (Phi) is 4.40. The number of hydrogen-bond donors (Lipinski definition) is 0. The molecule has 0 N–H and O–H groups in total. The van der Waals surface area contributed by atoms with Crippen LogP contribution in [-0.2, 0) is 22.9 Å². The number of aryl methyl sites for hydroxylation is 1. The number of benzene rings is 2. The molecule has 1 aliphatic rings. The first-order chi connectivity index (χ1) is 14.9. The second kappa shape index (κ2) is 7.02. The highest BCUT2D eigenvalue weighted by molar-refractivity contribution is 7.90. The average molecular weight is 433 g/mol. The van der Waals surface area contributed by atoms with Crippen molar-refractivity contribution in [3.8, 4) is 11.3 Å². The maximum Gasteiger partial charge on any atom is 0.258 e. The normalized spacial score (nSPS) is 12.9. The van der Waals surface area contributed by atoms with Crippen LogP contribution in [0.3, 0.4) is 0 Å². The van der Waals surface area contributed by atoms with Crippen molar-refractivity contribution in [1.82, 2.24) is 14.1 Å². The molecule has 0 saturated carbocycles. The fraction of sp³-hybridized carbons (Fsp3) is 0.174. The third-order valence-corrected chi connectivity index (χ3v) is 6.79. The largest absolute Gasteiger partial charge is 0.337 e. The number of ketones is 1. The van der Waals surface area contributed by atoms with Gasteiger partial charge in [0, 0.05) is 53.6 Å². The molecule has 2 aromatic carbocycles. The average Bonchev–Trinajstić information content (AvgIpc) is 3.36. The molecule has 0 atom stereocenters. The Hall–Kier alpha value is -3.52. The van der Waals surface area contributed by atoms with Crippen LogP contribution in [0, 0.1) is 0 Å². The molecule has 0 bridgehead atoms. The van der Waals surface area contributed by atoms with Gasteiger partial charge in [-0.15, -0.1) is 0 Å². The molecule has 31 heavy (non-hydrogen) atoms. The number of aromatic nitrogens is 3. The third-order valence-electron chi connectivity index (χ3n) is 5.68. The summed E-state index contributed by atoms with van der Waals surface area (Å²) in [6, 6.07) is 11.7. The van der Waals surface area contributed by atoms with E-state index in [1.165, 1.54) is 12.1 Å². The SMILES string of the molecule is CS(=O)(=O)c1ccc2c3c(n(CCCn4ccnc4)c(=O)c2c1)-c1ccccc1C3=O. The van der Waals surface area contributed by atoms with Crippen LogP contribution in [-0.4, -0.2) is 34.6 Å². The highest BCUT2D eigenvalue weighted by atomic mass is 32.2. The number of imidazole rings is 1. The summed E-state index contributed by atoms with van der Waals surface area (Å²) >= 11 is 0. The zero-order valence-corrected chi connectivity index (χ0v) is 17.6. The molecule has 0 aliphatic heterocycles. The fourth-order valence-corrected chi connectivity index (χ4v) is 4.88. The van der Waals surface area contributed by atoms with Crippen LogP contribution in [0.4, 0.5) is 0 Å². The lowest BCUT2D eigenvalue weighted by Gasteiger charge is -2.15. The Labute approximate surface area is 178 Å². The monoisotopic (exact) mass is 433 g/mol. The molecule has 2 aromatic heterocycles. The van der Waals surface area contributed by atoms with Gasteiger partial charge in [0.05, 0.1) is 22.5 Å². The molecule has 0 unspecified atom stereocenters. The van der Waals surface area contributed by atoms with Crippen molar-refractivity contribution in [2.45, 2.75) is 24.4 Å². The predicted octanol–water partition coefficient (Wildman–Crippen LogP) is 2.90. The Bertz CT molecular complexity index is 1520. The van der Waals surface area contributed by atoms with Crippen LogP contribution in [0.25, 0.3) is 22.0 Å². The quantitative estimate of drug-likeness (QED) is 0.425. The minimum atomic E-state index is -3.50. The standard InChI is InChI=1S/C23H19N3O4S/c1-31(29,30)15-7-8-16-19(13-15)23(28)26(11-4-10-25-12-9-24-14-25)21-17-5-2-3-6-18(17)22(27)20(16)21/h2-3,5-9,12-14H,4,10-11H2,1H3. The Morgan fingerprint density at radius 2 is 1.74 bits per heavy atom. The van der Waals surface area contributed by atoms with Crippen molar-refractivity contribution in [2.24, 2.45) is 0 Å². The molecule has 2 heterocycles. The summed E-state index contributed by atoms with van der Waals surface area (Å²) in [5, 5.41) is 0.727. The van der Waals surface area contributed by atoms with Crippen molar-refractivity contribution < 1.29 is 13.2 Å². The number of nitrogens with zero attached hydrogens (tertiary/aromatic N) is 3. The summed E-state index contributed by atoms with van der Waals surface area (Å²) in [4.78, 5) is 30.9. The fourth-order valence-electron chi connectivity index (χ4n) is 4.23. The zero-order chi connectivity index (χ0) is 21.8. The lowest BCUT2D eigenvalue weighted by atomic mass is 10.0. The van der Waals surface area contributed by atoms with Gasteiger partial charge in [-0.3, -0.25) is 9.59 Å². The summed E-state index contributed by atoms with van der Waals surface area (Å²) in [5.74, 6) is -0.147. The van der Waals surface area contributed by atoms with E-state index in [1.807, 2.05) is 22.9 Å². The van der Waals surface area contributed by atoms with Gasteiger partial charge in [0.15, 0.2) is 15.6 Å². The van der Waals surface area contributed by atoms with Gasteiger partial charge in [0.2, 0.25) is 0 Å². The van der Waals surface area contributed by atoms with E-state index in [9.17, 15) is 18.0 Å². The molecule has 0 radical (unpaired) electrons. The molecule has 4 aromatic rings. The molecule has 0 fully saturated rings. The number of fused-ring (bicyclic) bond motifs is 5. The second-order valence-corrected chi connectivity index (χ2v) is 9.70. The van der Waals surface area contributed by atoms with Crippen molar-refractivity contribution >= 4 is 26.4 Å². The van der Waals surface area contributed by atoms with Crippen LogP contribution < -0.4 is 5.56 Å². The topological polar surface area (TPSA) is 91.0 Å². The molecule has 5 rings (SSSR count). The number of rotatable bonds is 5. The summed E-state index contributed by atoms with van der Waals surface area (Å²) in [6.45, 7) is 1.05. The first-order valence-corrected chi connectivity index (χ1v) is 11.8. The van der Waals surface area contributed by atoms with Gasteiger partial charge >= 0.3 is 0 Å². The third kappa shape index (κ3) is 3.11. The lowest BCUT2D eigenvalue weighted by molar-refractivity contribution is 0.104. The van der Waals surface area contributed by atoms with E-state index < -0.39 is 9.84 Å². The van der Waals surface area contributed by atoms with E-state index in [0.29, 0.717) is 41.7 Å². The summed E-state index contributed by atoms with van der Waals surface area (Å²) in [5.41, 5.74) is 2.06. The van der Waals surface area contributed by atoms with E-state index in [0.717, 1.165) is 11.8 Å². The first kappa shape index (κ1) is 19.4. The van der Waals surface area contributed by atoms with E-state index in [4.69, 9.17) is 0 Å². The van der Waals surface area contributed by atoms with Gasteiger partial charge in [-0.1, -0.05) is 30.3 Å². The predicted molar refractivity (Wildman–Crippen MR) is 117 cm³/mol. The second-order valence-electron chi connectivity index (χ2n) is 7.69. The van der Waals surface area contributed by atoms with Crippen LogP contribution in [0.1, 0.15) is 22.3 Å². The van der Waals surface area contributed by atoms with Gasteiger partial charge in [-0.25, -0.2) is 13.4 Å². The summed E-state index contributed by atoms with van der Waals surface area (Å²) in [7, 11) is -3.50. The lowest BCUT2D eigenvalue weighted by Crippen LogP contribution is -2.24. The summed E-state index contributed by atoms with van der Waals surface area (Å²) < 4.78 is 27.7. The molecular formula is C23H19N3O4S. The highest BCUT2D eigenvalue weighted by Crippen LogP contribution is 2.39. The van der Waals surface area contributed by atoms with E-state index in [-0.39, 0.29) is 21.6 Å². The van der Waals surface area contributed by atoms with Crippen molar-refractivity contribution in [3.05, 3.63) is 82.7 Å². The minimum absolute atomic E-state index is 0.0602. The molecule has 1 aliphatic carbocycles. The zero-order valence-electron chi connectivity index (χ0n) is 16.8. The van der Waals surface area contributed by atoms with Crippen LogP contribution in [0.15, 0.2) is 70.9 Å². The van der Waals surface area contributed by atoms with Crippen molar-refractivity contribution in [1.29, 1.82) is 0 Å². The number of pyridine rings is 1. The number of hydrogen-bond acceptors (Lipinski definition) is 5. The molecular weight excluding hydrogens is 414 g/mol. The maximum atomic E-state index is 13.5. The number of carbonyl (C=O) groups excluding carboxylic acids is 1. The summed E-state index contributed by atoms with van der Waals surface area (Å²) in [6.07, 6.45) is 7.01. The van der Waals surface area contributed by atoms with E-state index in [1.54, 1.807) is 35.3 Å². The van der Waals surface area contributed by atoms with Crippen molar-refractivity contribution in [2.75, 3.05) is 6.26 Å². The molecule has 156 valence electrons. The molecule has 8 heteroatoms. The van der Waals surface area contributed by atoms with Crippen LogP contribution in [0.5, 0.6) is 0 Å². The molecule has 0 amide bonds. The number of carbonyl (C=O) groups is 1. The Morgan fingerprint density at radius 1 is 0.968 bits per heavy atom. The van der Waals surface area contributed by atoms with Crippen LogP contribution >= 0.6 is 0 Å². The van der Waals surface area contributed by atoms with Gasteiger partial charge < -0.3 is 9.13 Å². The molecule has 7 nitrogen and oxygen atoms in total. The number of sulfone groups is 1. The van der Waals surface area contributed by atoms with Gasteiger partial charge in [-0.05, 0) is 18.6 Å². The molecule has 0 saturated heterocycles. The Balaban J connectivity index is 1.75. The van der Waals surface area contributed by atoms with Crippen molar-refractivity contribution in [3.63, 3.8) is 0 Å². The van der Waals surface area contributed by atoms with E-state index >= 15 is 0 Å². The Morgan fingerprint density at radius 3 is 2.45 bits per heavy atom. The minimum Gasteiger partial charge on any atom is -0.337 e. The van der Waals surface area contributed by atoms with Gasteiger partial charge in [0.25, 0.3) is 5.56 Å².